The standard InChI is InChI=1S/C24H20ClF6N3O3/c25-17-6-4-13(5-7-17)21-32-34(22(37)33(21)12-20(36)24(29,30)31)11-18(35)9-15-10-19(15)14-2-1-3-16(8-14)23(26,27)28/h1-8,15,19-20,36H,9-12H2/t15-,19-,20?/m1/s1. The Morgan fingerprint density at radius 3 is 2.41 bits per heavy atom. The third kappa shape index (κ3) is 6.24. The number of benzene rings is 2. The minimum absolute atomic E-state index is 0.0400. The minimum atomic E-state index is -4.99. The molecule has 1 heterocycles. The molecule has 198 valence electrons. The van der Waals surface area contributed by atoms with Gasteiger partial charge in [0.2, 0.25) is 0 Å². The summed E-state index contributed by atoms with van der Waals surface area (Å²) in [4.78, 5) is 25.5. The molecule has 1 saturated carbocycles. The summed E-state index contributed by atoms with van der Waals surface area (Å²) in [6, 6.07) is 10.6. The van der Waals surface area contributed by atoms with E-state index in [0.29, 0.717) is 21.6 Å². The van der Waals surface area contributed by atoms with Crippen LogP contribution in [-0.2, 0) is 24.1 Å². The van der Waals surface area contributed by atoms with Gasteiger partial charge in [0.15, 0.2) is 17.7 Å². The molecular weight excluding hydrogens is 528 g/mol. The predicted octanol–water partition coefficient (Wildman–Crippen LogP) is 5.07. The Labute approximate surface area is 211 Å². The third-order valence-electron chi connectivity index (χ3n) is 6.14. The van der Waals surface area contributed by atoms with Crippen molar-refractivity contribution < 1.29 is 36.2 Å². The molecule has 1 aliphatic carbocycles. The van der Waals surface area contributed by atoms with E-state index in [2.05, 4.69) is 5.10 Å². The number of carbonyl (C=O) groups excluding carboxylic acids is 1. The molecule has 3 atom stereocenters. The molecule has 1 aliphatic rings. The number of aliphatic hydroxyl groups excluding tert-OH is 1. The molecule has 13 heteroatoms. The van der Waals surface area contributed by atoms with Gasteiger partial charge in [-0.25, -0.2) is 9.48 Å². The second-order valence-electron chi connectivity index (χ2n) is 8.91. The van der Waals surface area contributed by atoms with E-state index in [9.17, 15) is 41.0 Å². The molecule has 1 unspecified atom stereocenters. The van der Waals surface area contributed by atoms with E-state index in [1.165, 1.54) is 30.3 Å². The number of aromatic nitrogens is 3. The molecular formula is C24H20ClF6N3O3. The van der Waals surface area contributed by atoms with E-state index in [0.717, 1.165) is 16.8 Å². The zero-order valence-corrected chi connectivity index (χ0v) is 19.7. The number of hydrogen-bond acceptors (Lipinski definition) is 4. The Bertz CT molecular complexity index is 1350. The molecule has 1 N–H and O–H groups in total. The van der Waals surface area contributed by atoms with Gasteiger partial charge >= 0.3 is 18.0 Å². The number of halogens is 7. The number of hydrogen-bond donors (Lipinski definition) is 1. The van der Waals surface area contributed by atoms with Crippen LogP contribution in [0.1, 0.15) is 29.9 Å². The minimum Gasteiger partial charge on any atom is -0.382 e. The number of rotatable bonds is 8. The second-order valence-corrected chi connectivity index (χ2v) is 9.34. The van der Waals surface area contributed by atoms with E-state index < -0.39 is 48.6 Å². The quantitative estimate of drug-likeness (QED) is 0.400. The summed E-state index contributed by atoms with van der Waals surface area (Å²) in [5.74, 6) is -1.11. The topological polar surface area (TPSA) is 77.1 Å². The van der Waals surface area contributed by atoms with Gasteiger partial charge in [0.1, 0.15) is 6.54 Å². The molecule has 3 aromatic rings. The summed E-state index contributed by atoms with van der Waals surface area (Å²) in [6.45, 7) is -1.67. The van der Waals surface area contributed by atoms with Crippen molar-refractivity contribution in [3.8, 4) is 11.4 Å². The van der Waals surface area contributed by atoms with Crippen LogP contribution in [0.25, 0.3) is 11.4 Å². The van der Waals surface area contributed by atoms with Gasteiger partial charge in [-0.15, -0.1) is 5.10 Å². The largest absolute Gasteiger partial charge is 0.416 e. The Balaban J connectivity index is 1.51. The molecule has 1 aromatic heterocycles. The molecule has 0 bridgehead atoms. The zero-order valence-electron chi connectivity index (χ0n) is 18.9. The number of nitrogens with zero attached hydrogens (tertiary/aromatic N) is 3. The smallest absolute Gasteiger partial charge is 0.382 e. The lowest BCUT2D eigenvalue weighted by molar-refractivity contribution is -0.207. The molecule has 6 nitrogen and oxygen atoms in total. The molecule has 0 amide bonds. The highest BCUT2D eigenvalue weighted by Gasteiger charge is 2.41. The van der Waals surface area contributed by atoms with Gasteiger partial charge < -0.3 is 5.11 Å². The molecule has 1 fully saturated rings. The van der Waals surface area contributed by atoms with Crippen LogP contribution in [-0.4, -0.2) is 37.5 Å². The molecule has 37 heavy (non-hydrogen) atoms. The van der Waals surface area contributed by atoms with E-state index in [-0.39, 0.29) is 29.6 Å². The maximum absolute atomic E-state index is 13.0. The number of Topliss-reactive ketones (excluding diaryl/α,β-unsaturated/α-hetero) is 1. The molecule has 0 aliphatic heterocycles. The summed E-state index contributed by atoms with van der Waals surface area (Å²) in [5, 5.41) is 13.9. The van der Waals surface area contributed by atoms with Gasteiger partial charge in [-0.3, -0.25) is 9.36 Å². The first-order valence-corrected chi connectivity index (χ1v) is 11.5. The fourth-order valence-electron chi connectivity index (χ4n) is 4.15. The van der Waals surface area contributed by atoms with Crippen molar-refractivity contribution in [2.45, 2.75) is 50.3 Å². The average Bonchev–Trinajstić information content (AvgIpc) is 3.51. The van der Waals surface area contributed by atoms with E-state index in [1.54, 1.807) is 6.07 Å². The molecule has 0 saturated heterocycles. The second kappa shape index (κ2) is 9.97. The third-order valence-corrected chi connectivity index (χ3v) is 6.39. The Kier molecular flexibility index (Phi) is 7.26. The fourth-order valence-corrected chi connectivity index (χ4v) is 4.27. The number of alkyl halides is 6. The molecule has 0 spiro atoms. The van der Waals surface area contributed by atoms with Crippen molar-refractivity contribution in [3.05, 3.63) is 75.2 Å². The number of ketones is 1. The van der Waals surface area contributed by atoms with Gasteiger partial charge in [-0.2, -0.15) is 26.3 Å². The number of aliphatic hydroxyl groups is 1. The first-order chi connectivity index (χ1) is 17.2. The monoisotopic (exact) mass is 547 g/mol. The van der Waals surface area contributed by atoms with Crippen molar-refractivity contribution in [2.75, 3.05) is 0 Å². The highest BCUT2D eigenvalue weighted by molar-refractivity contribution is 6.30. The van der Waals surface area contributed by atoms with Crippen LogP contribution in [0, 0.1) is 5.92 Å². The van der Waals surface area contributed by atoms with Crippen LogP contribution in [0.4, 0.5) is 26.3 Å². The summed E-state index contributed by atoms with van der Waals surface area (Å²) < 4.78 is 79.2. The highest BCUT2D eigenvalue weighted by atomic mass is 35.5. The lowest BCUT2D eigenvalue weighted by atomic mass is 10.0. The average molecular weight is 548 g/mol. The van der Waals surface area contributed by atoms with Crippen LogP contribution in [0.5, 0.6) is 0 Å². The van der Waals surface area contributed by atoms with E-state index in [1.807, 2.05) is 0 Å². The summed E-state index contributed by atoms with van der Waals surface area (Å²) in [6.07, 6.45) is -11.9. The molecule has 2 aromatic carbocycles. The fraction of sp³-hybridized carbons (Fsp3) is 0.375. The maximum atomic E-state index is 13.0. The van der Waals surface area contributed by atoms with Crippen molar-refractivity contribution in [3.63, 3.8) is 0 Å². The molecule has 4 rings (SSSR count). The normalized spacial score (nSPS) is 18.6. The SMILES string of the molecule is O=C(C[C@@H]1C[C@@H]1c1cccc(C(F)(F)F)c1)Cn1nc(-c2ccc(Cl)cc2)n(CC(O)C(F)(F)F)c1=O. The Hall–Kier alpha value is -3.12. The molecule has 0 radical (unpaired) electrons. The van der Waals surface area contributed by atoms with Gasteiger partial charge in [0, 0.05) is 17.0 Å². The predicted molar refractivity (Wildman–Crippen MR) is 121 cm³/mol. The van der Waals surface area contributed by atoms with Gasteiger partial charge in [-0.05, 0) is 54.2 Å². The Morgan fingerprint density at radius 2 is 1.78 bits per heavy atom. The number of carbonyl (C=O) groups is 1. The van der Waals surface area contributed by atoms with Crippen molar-refractivity contribution in [2.24, 2.45) is 5.92 Å². The summed E-state index contributed by atoms with van der Waals surface area (Å²) in [7, 11) is 0. The first-order valence-electron chi connectivity index (χ1n) is 11.1. The van der Waals surface area contributed by atoms with Crippen LogP contribution in [0.3, 0.4) is 0 Å². The summed E-state index contributed by atoms with van der Waals surface area (Å²) in [5.41, 5.74) is -1.10. The van der Waals surface area contributed by atoms with Crippen LogP contribution in [0.2, 0.25) is 5.02 Å². The Morgan fingerprint density at radius 1 is 1.11 bits per heavy atom. The van der Waals surface area contributed by atoms with E-state index in [4.69, 9.17) is 11.6 Å². The lowest BCUT2D eigenvalue weighted by Gasteiger charge is -2.15. The van der Waals surface area contributed by atoms with E-state index >= 15 is 0 Å². The van der Waals surface area contributed by atoms with Crippen LogP contribution in [0.15, 0.2) is 53.3 Å². The highest BCUT2D eigenvalue weighted by Crippen LogP contribution is 2.50. The van der Waals surface area contributed by atoms with Gasteiger partial charge in [0.05, 0.1) is 12.1 Å². The summed E-state index contributed by atoms with van der Waals surface area (Å²) >= 11 is 5.85. The van der Waals surface area contributed by atoms with Crippen molar-refractivity contribution in [1.29, 1.82) is 0 Å². The van der Waals surface area contributed by atoms with Crippen LogP contribution >= 0.6 is 11.6 Å². The van der Waals surface area contributed by atoms with Gasteiger partial charge in [0.25, 0.3) is 0 Å². The zero-order chi connectivity index (χ0) is 27.1. The first kappa shape index (κ1) is 26.9. The lowest BCUT2D eigenvalue weighted by Crippen LogP contribution is -2.37. The van der Waals surface area contributed by atoms with Crippen molar-refractivity contribution >= 4 is 17.4 Å². The van der Waals surface area contributed by atoms with Crippen LogP contribution < -0.4 is 5.69 Å². The maximum Gasteiger partial charge on any atom is 0.416 e. The van der Waals surface area contributed by atoms with Gasteiger partial charge in [-0.1, -0.05) is 29.8 Å². The van der Waals surface area contributed by atoms with Crippen molar-refractivity contribution in [1.82, 2.24) is 14.3 Å².